The molecule has 0 atom stereocenters. The molecule has 0 spiro atoms. The summed E-state index contributed by atoms with van der Waals surface area (Å²) in [5, 5.41) is 9.66. The minimum absolute atomic E-state index is 0.218. The maximum absolute atomic E-state index is 8.74. The summed E-state index contributed by atoms with van der Waals surface area (Å²) in [7, 11) is 0. The Hall–Kier alpha value is -1.82. The van der Waals surface area contributed by atoms with Crippen LogP contribution in [0.1, 0.15) is 16.8 Å². The first-order valence-electron chi connectivity index (χ1n) is 5.19. The van der Waals surface area contributed by atoms with Crippen molar-refractivity contribution in [3.63, 3.8) is 0 Å². The fourth-order valence-corrected chi connectivity index (χ4v) is 1.71. The lowest BCUT2D eigenvalue weighted by Gasteiger charge is -1.97. The van der Waals surface area contributed by atoms with Gasteiger partial charge in [-0.15, -0.1) is 0 Å². The molecular weight excluding hydrogens is 267 g/mol. The van der Waals surface area contributed by atoms with E-state index in [0.717, 1.165) is 5.56 Å². The van der Waals surface area contributed by atoms with Crippen LogP contribution in [0.4, 0.5) is 0 Å². The van der Waals surface area contributed by atoms with Gasteiger partial charge in [0.25, 0.3) is 0 Å². The quantitative estimate of drug-likeness (QED) is 0.760. The summed E-state index contributed by atoms with van der Waals surface area (Å²) in [6, 6.07) is 12.8. The zero-order chi connectivity index (χ0) is 13.0. The van der Waals surface area contributed by atoms with Crippen LogP contribution in [0.25, 0.3) is 12.2 Å². The van der Waals surface area contributed by atoms with E-state index in [1.807, 2.05) is 42.5 Å². The molecule has 0 unspecified atom stereocenters. The monoisotopic (exact) mass is 274 g/mol. The van der Waals surface area contributed by atoms with E-state index in [9.17, 15) is 0 Å². The number of halogens is 2. The lowest BCUT2D eigenvalue weighted by atomic mass is 10.2. The predicted octanol–water partition coefficient (Wildman–Crippen LogP) is 4.43. The summed E-state index contributed by atoms with van der Waals surface area (Å²) in [6.45, 7) is 0. The van der Waals surface area contributed by atoms with Crippen molar-refractivity contribution in [2.75, 3.05) is 0 Å². The van der Waals surface area contributed by atoms with E-state index in [0.29, 0.717) is 16.3 Å². The second kappa shape index (κ2) is 5.68. The molecule has 0 amide bonds. The Bertz CT molecular complexity index is 625. The van der Waals surface area contributed by atoms with Gasteiger partial charge in [-0.1, -0.05) is 41.4 Å². The lowest BCUT2D eigenvalue weighted by molar-refractivity contribution is 1.27. The summed E-state index contributed by atoms with van der Waals surface area (Å²) < 4.78 is 0. The molecule has 2 nitrogen and oxygen atoms in total. The molecule has 1 aromatic heterocycles. The van der Waals surface area contributed by atoms with Crippen LogP contribution >= 0.6 is 23.2 Å². The maximum Gasteiger partial charge on any atom is 0.147 e. The molecule has 0 aliphatic heterocycles. The van der Waals surface area contributed by atoms with Crippen molar-refractivity contribution in [2.45, 2.75) is 0 Å². The van der Waals surface area contributed by atoms with Gasteiger partial charge in [0.05, 0.1) is 11.3 Å². The number of aromatic nitrogens is 1. The number of benzene rings is 1. The van der Waals surface area contributed by atoms with E-state index >= 15 is 0 Å². The standard InChI is InChI=1S/C14H8Cl2N2/c15-12-5-1-10(2-6-12)3-7-13-8-4-11(9-17)14(16)18-13/h1-8H/b7-3+. The Morgan fingerprint density at radius 3 is 2.33 bits per heavy atom. The van der Waals surface area contributed by atoms with Crippen molar-refractivity contribution in [3.05, 3.63) is 63.4 Å². The van der Waals surface area contributed by atoms with Crippen LogP contribution < -0.4 is 0 Å². The molecule has 0 N–H and O–H groups in total. The van der Waals surface area contributed by atoms with E-state index in [-0.39, 0.29) is 5.15 Å². The molecule has 0 aliphatic carbocycles. The maximum atomic E-state index is 8.74. The van der Waals surface area contributed by atoms with Gasteiger partial charge in [0, 0.05) is 5.02 Å². The molecule has 18 heavy (non-hydrogen) atoms. The van der Waals surface area contributed by atoms with Crippen LogP contribution in [0.15, 0.2) is 36.4 Å². The molecule has 0 fully saturated rings. The van der Waals surface area contributed by atoms with Crippen molar-refractivity contribution in [1.82, 2.24) is 4.98 Å². The topological polar surface area (TPSA) is 36.7 Å². The predicted molar refractivity (Wildman–Crippen MR) is 74.3 cm³/mol. The fourth-order valence-electron chi connectivity index (χ4n) is 1.38. The Morgan fingerprint density at radius 2 is 1.72 bits per heavy atom. The van der Waals surface area contributed by atoms with Crippen LogP contribution in [0.2, 0.25) is 10.2 Å². The summed E-state index contributed by atoms with van der Waals surface area (Å²) in [5.74, 6) is 0. The normalized spacial score (nSPS) is 10.5. The number of nitrogens with zero attached hydrogens (tertiary/aromatic N) is 2. The molecule has 2 rings (SSSR count). The third-order valence-corrected chi connectivity index (χ3v) is 2.85. The van der Waals surface area contributed by atoms with Crippen molar-refractivity contribution in [1.29, 1.82) is 5.26 Å². The summed E-state index contributed by atoms with van der Waals surface area (Å²) in [6.07, 6.45) is 3.73. The Morgan fingerprint density at radius 1 is 1.00 bits per heavy atom. The minimum Gasteiger partial charge on any atom is -0.235 e. The Kier molecular flexibility index (Phi) is 3.99. The van der Waals surface area contributed by atoms with E-state index in [1.165, 1.54) is 0 Å². The largest absolute Gasteiger partial charge is 0.235 e. The van der Waals surface area contributed by atoms with E-state index < -0.39 is 0 Å². The molecule has 0 saturated carbocycles. The zero-order valence-corrected chi connectivity index (χ0v) is 10.8. The molecule has 0 bridgehead atoms. The van der Waals surface area contributed by atoms with Gasteiger partial charge >= 0.3 is 0 Å². The highest BCUT2D eigenvalue weighted by atomic mass is 35.5. The summed E-state index contributed by atoms with van der Waals surface area (Å²) in [5.41, 5.74) is 2.09. The van der Waals surface area contributed by atoms with Crippen molar-refractivity contribution >= 4 is 35.4 Å². The Labute approximate surface area is 115 Å². The highest BCUT2D eigenvalue weighted by Crippen LogP contribution is 2.15. The SMILES string of the molecule is N#Cc1ccc(/C=C/c2ccc(Cl)cc2)nc1Cl. The van der Waals surface area contributed by atoms with Gasteiger partial charge in [-0.3, -0.25) is 0 Å². The number of rotatable bonds is 2. The summed E-state index contributed by atoms with van der Waals surface area (Å²) >= 11 is 11.6. The minimum atomic E-state index is 0.218. The highest BCUT2D eigenvalue weighted by molar-refractivity contribution is 6.30. The van der Waals surface area contributed by atoms with Crippen LogP contribution in [0.3, 0.4) is 0 Å². The first-order chi connectivity index (χ1) is 8.69. The second-order valence-electron chi connectivity index (χ2n) is 3.57. The fraction of sp³-hybridized carbons (Fsp3) is 0. The van der Waals surface area contributed by atoms with Crippen molar-refractivity contribution in [3.8, 4) is 6.07 Å². The second-order valence-corrected chi connectivity index (χ2v) is 4.37. The number of hydrogen-bond acceptors (Lipinski definition) is 2. The molecule has 2 aromatic rings. The van der Waals surface area contributed by atoms with E-state index in [4.69, 9.17) is 28.5 Å². The molecule has 0 saturated heterocycles. The summed E-state index contributed by atoms with van der Waals surface area (Å²) in [4.78, 5) is 4.11. The smallest absolute Gasteiger partial charge is 0.147 e. The van der Waals surface area contributed by atoms with Gasteiger partial charge in [0.15, 0.2) is 0 Å². The number of pyridine rings is 1. The number of nitriles is 1. The van der Waals surface area contributed by atoms with E-state index in [1.54, 1.807) is 12.1 Å². The van der Waals surface area contributed by atoms with Crippen LogP contribution in [0, 0.1) is 11.3 Å². The first-order valence-corrected chi connectivity index (χ1v) is 5.95. The van der Waals surface area contributed by atoms with Gasteiger partial charge in [0.1, 0.15) is 11.2 Å². The molecule has 1 aromatic carbocycles. The van der Waals surface area contributed by atoms with Gasteiger partial charge < -0.3 is 0 Å². The van der Waals surface area contributed by atoms with E-state index in [2.05, 4.69) is 4.98 Å². The van der Waals surface area contributed by atoms with Crippen molar-refractivity contribution in [2.24, 2.45) is 0 Å². The van der Waals surface area contributed by atoms with Crippen molar-refractivity contribution < 1.29 is 0 Å². The molecule has 0 radical (unpaired) electrons. The number of hydrogen-bond donors (Lipinski definition) is 0. The molecular formula is C14H8Cl2N2. The Balaban J connectivity index is 2.21. The highest BCUT2D eigenvalue weighted by Gasteiger charge is 2.00. The molecule has 88 valence electrons. The van der Waals surface area contributed by atoms with Crippen LogP contribution in [-0.4, -0.2) is 4.98 Å². The third kappa shape index (κ3) is 3.10. The molecule has 1 heterocycles. The first kappa shape index (κ1) is 12.6. The van der Waals surface area contributed by atoms with Gasteiger partial charge in [0.2, 0.25) is 0 Å². The average Bonchev–Trinajstić information content (AvgIpc) is 2.38. The zero-order valence-electron chi connectivity index (χ0n) is 9.27. The van der Waals surface area contributed by atoms with Gasteiger partial charge in [-0.05, 0) is 35.9 Å². The van der Waals surface area contributed by atoms with Gasteiger partial charge in [-0.2, -0.15) is 5.26 Å². The van der Waals surface area contributed by atoms with Crippen LogP contribution in [-0.2, 0) is 0 Å². The van der Waals surface area contributed by atoms with Gasteiger partial charge in [-0.25, -0.2) is 4.98 Å². The average molecular weight is 275 g/mol. The van der Waals surface area contributed by atoms with Crippen LogP contribution in [0.5, 0.6) is 0 Å². The molecule has 4 heteroatoms. The third-order valence-electron chi connectivity index (χ3n) is 2.31. The molecule has 0 aliphatic rings. The lowest BCUT2D eigenvalue weighted by Crippen LogP contribution is -1.85.